The fourth-order valence-corrected chi connectivity index (χ4v) is 3.62. The molecule has 1 fully saturated rings. The molecule has 1 aromatic heterocycles. The van der Waals surface area contributed by atoms with Crippen LogP contribution in [0, 0.1) is 5.92 Å². The maximum atomic E-state index is 5.88. The summed E-state index contributed by atoms with van der Waals surface area (Å²) in [7, 11) is 0. The number of nitrogens with one attached hydrogen (secondary N) is 1. The molecule has 4 nitrogen and oxygen atoms in total. The van der Waals surface area contributed by atoms with Crippen molar-refractivity contribution in [1.29, 1.82) is 0 Å². The van der Waals surface area contributed by atoms with E-state index < -0.39 is 0 Å². The maximum absolute atomic E-state index is 5.88. The maximum Gasteiger partial charge on any atom is 0.166 e. The molecule has 21 heavy (non-hydrogen) atoms. The Morgan fingerprint density at radius 3 is 3.10 bits per heavy atom. The molecule has 0 unspecified atom stereocenters. The second-order valence-electron chi connectivity index (χ2n) is 6.02. The van der Waals surface area contributed by atoms with Gasteiger partial charge in [0.2, 0.25) is 0 Å². The monoisotopic (exact) mass is 305 g/mol. The number of hydrogen-bond donors (Lipinski definition) is 1. The number of aromatic nitrogens is 2. The Morgan fingerprint density at radius 1 is 1.43 bits per heavy atom. The van der Waals surface area contributed by atoms with Gasteiger partial charge in [-0.2, -0.15) is 0 Å². The number of nitrogens with zero attached hydrogens (tertiary/aromatic N) is 2. The van der Waals surface area contributed by atoms with Crippen molar-refractivity contribution in [2.24, 2.45) is 5.92 Å². The summed E-state index contributed by atoms with van der Waals surface area (Å²) in [5.74, 6) is 1.67. The molecule has 1 aromatic carbocycles. The zero-order valence-corrected chi connectivity index (χ0v) is 13.5. The first kappa shape index (κ1) is 14.9. The highest BCUT2D eigenvalue weighted by Gasteiger charge is 2.21. The number of benzene rings is 1. The van der Waals surface area contributed by atoms with Crippen molar-refractivity contribution in [1.82, 2.24) is 14.9 Å². The number of aromatic amines is 1. The van der Waals surface area contributed by atoms with Crippen molar-refractivity contribution in [2.75, 3.05) is 32.0 Å². The zero-order chi connectivity index (χ0) is 14.7. The van der Waals surface area contributed by atoms with Gasteiger partial charge in [-0.15, -0.1) is 0 Å². The standard InChI is InChI=1S/C16H23N3OS/c1-12(2)9-19-7-8-20-13(10-19)11-21-16-17-14-5-3-4-6-15(14)18-16/h3-6,12-13H,7-11H2,1-2H3,(H,17,18)/t13-/m0/s1. The third-order valence-corrected chi connectivity index (χ3v) is 4.63. The van der Waals surface area contributed by atoms with Gasteiger partial charge in [0.05, 0.1) is 23.7 Å². The number of rotatable bonds is 5. The summed E-state index contributed by atoms with van der Waals surface area (Å²) in [6, 6.07) is 8.15. The van der Waals surface area contributed by atoms with Crippen LogP contribution in [-0.4, -0.2) is 53.0 Å². The molecule has 114 valence electrons. The van der Waals surface area contributed by atoms with Crippen LogP contribution < -0.4 is 0 Å². The van der Waals surface area contributed by atoms with E-state index in [9.17, 15) is 0 Å². The van der Waals surface area contributed by atoms with Crippen molar-refractivity contribution >= 4 is 22.8 Å². The Bertz CT molecular complexity index is 551. The van der Waals surface area contributed by atoms with Crippen LogP contribution in [0.15, 0.2) is 29.4 Å². The van der Waals surface area contributed by atoms with Crippen LogP contribution in [0.4, 0.5) is 0 Å². The van der Waals surface area contributed by atoms with E-state index in [-0.39, 0.29) is 0 Å². The number of para-hydroxylation sites is 2. The lowest BCUT2D eigenvalue weighted by molar-refractivity contribution is -0.0191. The minimum Gasteiger partial charge on any atom is -0.375 e. The van der Waals surface area contributed by atoms with Gasteiger partial charge in [-0.1, -0.05) is 37.7 Å². The molecule has 2 aromatic rings. The fourth-order valence-electron chi connectivity index (χ4n) is 2.73. The summed E-state index contributed by atoms with van der Waals surface area (Å²) < 4.78 is 5.88. The average molecular weight is 305 g/mol. The van der Waals surface area contributed by atoms with E-state index >= 15 is 0 Å². The molecule has 5 heteroatoms. The highest BCUT2D eigenvalue weighted by molar-refractivity contribution is 7.99. The summed E-state index contributed by atoms with van der Waals surface area (Å²) in [6.45, 7) is 8.64. The molecule has 1 aliphatic heterocycles. The number of fused-ring (bicyclic) bond motifs is 1. The Hall–Kier alpha value is -1.04. The molecular weight excluding hydrogens is 282 g/mol. The largest absolute Gasteiger partial charge is 0.375 e. The Balaban J connectivity index is 1.54. The van der Waals surface area contributed by atoms with Crippen LogP contribution in [0.2, 0.25) is 0 Å². The van der Waals surface area contributed by atoms with Crippen LogP contribution in [0.5, 0.6) is 0 Å². The van der Waals surface area contributed by atoms with Crippen LogP contribution in [0.3, 0.4) is 0 Å². The van der Waals surface area contributed by atoms with E-state index in [4.69, 9.17) is 4.74 Å². The second kappa shape index (κ2) is 6.81. The number of hydrogen-bond acceptors (Lipinski definition) is 4. The van der Waals surface area contributed by atoms with Gasteiger partial charge in [-0.25, -0.2) is 4.98 Å². The number of morpholine rings is 1. The fraction of sp³-hybridized carbons (Fsp3) is 0.562. The first-order valence-electron chi connectivity index (χ1n) is 7.62. The Kier molecular flexibility index (Phi) is 4.83. The first-order chi connectivity index (χ1) is 10.2. The van der Waals surface area contributed by atoms with Gasteiger partial charge in [-0.3, -0.25) is 4.90 Å². The van der Waals surface area contributed by atoms with Gasteiger partial charge < -0.3 is 9.72 Å². The molecule has 0 aliphatic carbocycles. The molecular formula is C16H23N3OS. The van der Waals surface area contributed by atoms with Gasteiger partial charge >= 0.3 is 0 Å². The highest BCUT2D eigenvalue weighted by Crippen LogP contribution is 2.21. The van der Waals surface area contributed by atoms with Crippen molar-refractivity contribution in [3.05, 3.63) is 24.3 Å². The zero-order valence-electron chi connectivity index (χ0n) is 12.7. The number of ether oxygens (including phenoxy) is 1. The Morgan fingerprint density at radius 2 is 2.29 bits per heavy atom. The van der Waals surface area contributed by atoms with Gasteiger partial charge in [0.25, 0.3) is 0 Å². The minimum atomic E-state index is 0.302. The van der Waals surface area contributed by atoms with Gasteiger partial charge in [-0.05, 0) is 18.1 Å². The molecule has 0 saturated carbocycles. The van der Waals surface area contributed by atoms with Gasteiger partial charge in [0.1, 0.15) is 0 Å². The lowest BCUT2D eigenvalue weighted by Gasteiger charge is -2.33. The van der Waals surface area contributed by atoms with Crippen LogP contribution >= 0.6 is 11.8 Å². The summed E-state index contributed by atoms with van der Waals surface area (Å²) in [4.78, 5) is 10.5. The predicted molar refractivity (Wildman–Crippen MR) is 87.8 cm³/mol. The quantitative estimate of drug-likeness (QED) is 0.862. The molecule has 1 atom stereocenters. The lowest BCUT2D eigenvalue weighted by Crippen LogP contribution is -2.44. The molecule has 1 aliphatic rings. The van der Waals surface area contributed by atoms with Crippen molar-refractivity contribution in [3.8, 4) is 0 Å². The van der Waals surface area contributed by atoms with E-state index in [1.165, 1.54) is 0 Å². The molecule has 0 bridgehead atoms. The predicted octanol–water partition coefficient (Wildman–Crippen LogP) is 3.01. The topological polar surface area (TPSA) is 41.1 Å². The lowest BCUT2D eigenvalue weighted by atomic mass is 10.2. The van der Waals surface area contributed by atoms with E-state index in [0.29, 0.717) is 12.0 Å². The average Bonchev–Trinajstić information content (AvgIpc) is 2.87. The van der Waals surface area contributed by atoms with Crippen molar-refractivity contribution in [2.45, 2.75) is 25.1 Å². The van der Waals surface area contributed by atoms with E-state index in [1.807, 2.05) is 18.2 Å². The van der Waals surface area contributed by atoms with Crippen LogP contribution in [0.25, 0.3) is 11.0 Å². The Labute approximate surface area is 130 Å². The summed E-state index contributed by atoms with van der Waals surface area (Å²) in [5.41, 5.74) is 2.14. The van der Waals surface area contributed by atoms with Crippen molar-refractivity contribution in [3.63, 3.8) is 0 Å². The SMILES string of the molecule is CC(C)CN1CCO[C@H](CSc2nc3ccccc3[nH]2)C1. The summed E-state index contributed by atoms with van der Waals surface area (Å²) in [6.07, 6.45) is 0.302. The van der Waals surface area contributed by atoms with E-state index in [0.717, 1.165) is 48.2 Å². The van der Waals surface area contributed by atoms with Crippen LogP contribution in [0.1, 0.15) is 13.8 Å². The number of H-pyrrole nitrogens is 1. The van der Waals surface area contributed by atoms with E-state index in [1.54, 1.807) is 11.8 Å². The molecule has 0 spiro atoms. The third-order valence-electron chi connectivity index (χ3n) is 3.62. The molecule has 3 rings (SSSR count). The van der Waals surface area contributed by atoms with Gasteiger partial charge in [0.15, 0.2) is 5.16 Å². The first-order valence-corrected chi connectivity index (χ1v) is 8.61. The highest BCUT2D eigenvalue weighted by atomic mass is 32.2. The number of imidazole rings is 1. The molecule has 0 radical (unpaired) electrons. The van der Waals surface area contributed by atoms with Gasteiger partial charge in [0, 0.05) is 25.4 Å². The normalized spacial score (nSPS) is 20.4. The van der Waals surface area contributed by atoms with Crippen molar-refractivity contribution < 1.29 is 4.74 Å². The van der Waals surface area contributed by atoms with E-state index in [2.05, 4.69) is 34.8 Å². The molecule has 0 amide bonds. The second-order valence-corrected chi connectivity index (χ2v) is 7.03. The smallest absolute Gasteiger partial charge is 0.166 e. The number of thioether (sulfide) groups is 1. The molecule has 1 saturated heterocycles. The third kappa shape index (κ3) is 3.99. The molecule has 1 N–H and O–H groups in total. The summed E-state index contributed by atoms with van der Waals surface area (Å²) in [5, 5.41) is 0.987. The summed E-state index contributed by atoms with van der Waals surface area (Å²) >= 11 is 1.76. The molecule has 2 heterocycles. The minimum absolute atomic E-state index is 0.302. The van der Waals surface area contributed by atoms with Crippen LogP contribution in [-0.2, 0) is 4.74 Å².